The first-order valence-electron chi connectivity index (χ1n) is 6.25. The molecule has 0 heterocycles. The van der Waals surface area contributed by atoms with Gasteiger partial charge in [0.15, 0.2) is 0 Å². The Labute approximate surface area is 109 Å². The molecule has 3 heteroatoms. The number of nitriles is 1. The minimum atomic E-state index is -0.962. The lowest BCUT2D eigenvalue weighted by Gasteiger charge is -2.18. The van der Waals surface area contributed by atoms with Crippen molar-refractivity contribution in [2.45, 2.75) is 40.0 Å². The van der Waals surface area contributed by atoms with Crippen molar-refractivity contribution >= 4 is 11.6 Å². The molecule has 0 saturated heterocycles. The Bertz CT molecular complexity index is 456. The molecule has 1 unspecified atom stereocenters. The van der Waals surface area contributed by atoms with E-state index in [1.54, 1.807) is 6.92 Å². The summed E-state index contributed by atoms with van der Waals surface area (Å²) in [5.74, 6) is 0.222. The molecule has 0 aliphatic rings. The molecule has 96 valence electrons. The van der Waals surface area contributed by atoms with E-state index in [-0.39, 0.29) is 5.91 Å². The van der Waals surface area contributed by atoms with E-state index in [1.807, 2.05) is 31.2 Å². The third-order valence-corrected chi connectivity index (χ3v) is 3.29. The third-order valence-electron chi connectivity index (χ3n) is 3.29. The maximum atomic E-state index is 12.0. The molecule has 0 fully saturated rings. The summed E-state index contributed by atoms with van der Waals surface area (Å²) in [6.07, 6.45) is 0.499. The molecule has 1 amide bonds. The van der Waals surface area contributed by atoms with Crippen molar-refractivity contribution in [2.75, 3.05) is 5.32 Å². The number of carbonyl (C=O) groups excluding carboxylic acids is 1. The molecule has 1 aromatic carbocycles. The monoisotopic (exact) mass is 244 g/mol. The number of nitrogens with zero attached hydrogens (tertiary/aromatic N) is 1. The van der Waals surface area contributed by atoms with Crippen LogP contribution in [0, 0.1) is 16.7 Å². The quantitative estimate of drug-likeness (QED) is 0.878. The summed E-state index contributed by atoms with van der Waals surface area (Å²) in [7, 11) is 0. The number of amides is 1. The fourth-order valence-corrected chi connectivity index (χ4v) is 1.51. The number of hydrogen-bond donors (Lipinski definition) is 1. The van der Waals surface area contributed by atoms with Crippen LogP contribution < -0.4 is 5.32 Å². The highest BCUT2D eigenvalue weighted by atomic mass is 16.2. The van der Waals surface area contributed by atoms with Gasteiger partial charge in [0.25, 0.3) is 0 Å². The van der Waals surface area contributed by atoms with Crippen LogP contribution >= 0.6 is 0 Å². The maximum absolute atomic E-state index is 12.0. The summed E-state index contributed by atoms with van der Waals surface area (Å²) >= 11 is 0. The summed E-state index contributed by atoms with van der Waals surface area (Å²) in [5.41, 5.74) is 1.00. The smallest absolute Gasteiger partial charge is 0.244 e. The normalized spacial score (nSPS) is 13.8. The van der Waals surface area contributed by atoms with Gasteiger partial charge in [0.05, 0.1) is 6.07 Å². The van der Waals surface area contributed by atoms with Gasteiger partial charge >= 0.3 is 0 Å². The van der Waals surface area contributed by atoms with E-state index in [0.29, 0.717) is 12.3 Å². The van der Waals surface area contributed by atoms with Gasteiger partial charge in [0.1, 0.15) is 5.41 Å². The van der Waals surface area contributed by atoms with Crippen molar-refractivity contribution in [3.05, 3.63) is 29.8 Å². The zero-order valence-electron chi connectivity index (χ0n) is 11.4. The molecular weight excluding hydrogens is 224 g/mol. The highest BCUT2D eigenvalue weighted by molar-refractivity contribution is 5.96. The maximum Gasteiger partial charge on any atom is 0.244 e. The van der Waals surface area contributed by atoms with E-state index >= 15 is 0 Å². The lowest BCUT2D eigenvalue weighted by Crippen LogP contribution is -2.31. The van der Waals surface area contributed by atoms with E-state index < -0.39 is 5.41 Å². The number of benzene rings is 1. The summed E-state index contributed by atoms with van der Waals surface area (Å²) in [6, 6.07) is 9.81. The van der Waals surface area contributed by atoms with Crippen molar-refractivity contribution in [1.29, 1.82) is 5.26 Å². The Morgan fingerprint density at radius 2 is 1.94 bits per heavy atom. The molecule has 0 bridgehead atoms. The fraction of sp³-hybridized carbons (Fsp3) is 0.467. The minimum absolute atomic E-state index is 0.246. The molecule has 0 aliphatic heterocycles. The van der Waals surface area contributed by atoms with E-state index in [2.05, 4.69) is 25.2 Å². The van der Waals surface area contributed by atoms with Crippen LogP contribution in [-0.4, -0.2) is 5.91 Å². The Morgan fingerprint density at radius 3 is 2.33 bits per heavy atom. The van der Waals surface area contributed by atoms with E-state index in [4.69, 9.17) is 5.26 Å². The number of nitrogens with one attached hydrogen (secondary N) is 1. The molecule has 18 heavy (non-hydrogen) atoms. The largest absolute Gasteiger partial charge is 0.325 e. The van der Waals surface area contributed by atoms with Crippen molar-refractivity contribution < 1.29 is 4.79 Å². The molecule has 1 N–H and O–H groups in total. The Morgan fingerprint density at radius 1 is 1.39 bits per heavy atom. The molecule has 1 rings (SSSR count). The zero-order chi connectivity index (χ0) is 13.8. The number of carbonyl (C=O) groups is 1. The Hall–Kier alpha value is -1.82. The van der Waals surface area contributed by atoms with Crippen LogP contribution in [0.25, 0.3) is 0 Å². The van der Waals surface area contributed by atoms with E-state index in [1.165, 1.54) is 5.56 Å². The first-order chi connectivity index (χ1) is 8.42. The van der Waals surface area contributed by atoms with Gasteiger partial charge < -0.3 is 5.32 Å². The van der Waals surface area contributed by atoms with Gasteiger partial charge in [-0.15, -0.1) is 0 Å². The molecule has 0 radical (unpaired) electrons. The van der Waals surface area contributed by atoms with Crippen LogP contribution in [0.4, 0.5) is 5.69 Å². The summed E-state index contributed by atoms with van der Waals surface area (Å²) in [5, 5.41) is 11.8. The third kappa shape index (κ3) is 3.10. The standard InChI is InChI=1S/C15H20N2O/c1-5-15(4,10-16)14(18)17-13-8-6-12(7-9-13)11(2)3/h6-9,11H,5H2,1-4H3,(H,17,18). The Balaban J connectivity index is 2.80. The second kappa shape index (κ2) is 5.68. The summed E-state index contributed by atoms with van der Waals surface area (Å²) in [4.78, 5) is 12.0. The molecule has 1 aromatic rings. The lowest BCUT2D eigenvalue weighted by atomic mass is 9.88. The van der Waals surface area contributed by atoms with Crippen LogP contribution in [0.1, 0.15) is 45.6 Å². The van der Waals surface area contributed by atoms with Gasteiger partial charge in [0, 0.05) is 5.69 Å². The average Bonchev–Trinajstić information content (AvgIpc) is 2.38. The molecule has 0 spiro atoms. The second-order valence-electron chi connectivity index (χ2n) is 5.03. The molecular formula is C15H20N2O. The highest BCUT2D eigenvalue weighted by Crippen LogP contribution is 2.23. The van der Waals surface area contributed by atoms with Crippen molar-refractivity contribution in [3.8, 4) is 6.07 Å². The zero-order valence-corrected chi connectivity index (χ0v) is 11.4. The van der Waals surface area contributed by atoms with Crippen molar-refractivity contribution in [2.24, 2.45) is 5.41 Å². The number of rotatable bonds is 4. The van der Waals surface area contributed by atoms with Crippen LogP contribution in [0.3, 0.4) is 0 Å². The molecule has 0 aliphatic carbocycles. The van der Waals surface area contributed by atoms with Crippen molar-refractivity contribution in [3.63, 3.8) is 0 Å². The van der Waals surface area contributed by atoms with Gasteiger partial charge in [-0.3, -0.25) is 4.79 Å². The predicted octanol–water partition coefficient (Wildman–Crippen LogP) is 3.69. The van der Waals surface area contributed by atoms with Crippen LogP contribution in [0.5, 0.6) is 0 Å². The molecule has 0 aromatic heterocycles. The van der Waals surface area contributed by atoms with E-state index in [9.17, 15) is 4.79 Å². The topological polar surface area (TPSA) is 52.9 Å². The van der Waals surface area contributed by atoms with Crippen molar-refractivity contribution in [1.82, 2.24) is 0 Å². The average molecular weight is 244 g/mol. The number of hydrogen-bond acceptors (Lipinski definition) is 2. The van der Waals surface area contributed by atoms with Gasteiger partial charge in [-0.05, 0) is 37.0 Å². The van der Waals surface area contributed by atoms with Crippen LogP contribution in [0.2, 0.25) is 0 Å². The first-order valence-corrected chi connectivity index (χ1v) is 6.25. The van der Waals surface area contributed by atoms with Gasteiger partial charge in [-0.1, -0.05) is 32.9 Å². The first kappa shape index (κ1) is 14.2. The highest BCUT2D eigenvalue weighted by Gasteiger charge is 2.31. The second-order valence-corrected chi connectivity index (χ2v) is 5.03. The molecule has 1 atom stereocenters. The number of anilines is 1. The SMILES string of the molecule is CCC(C)(C#N)C(=O)Nc1ccc(C(C)C)cc1. The van der Waals surface area contributed by atoms with Gasteiger partial charge in [-0.2, -0.15) is 5.26 Å². The fourth-order valence-electron chi connectivity index (χ4n) is 1.51. The van der Waals surface area contributed by atoms with Gasteiger partial charge in [-0.25, -0.2) is 0 Å². The van der Waals surface area contributed by atoms with E-state index in [0.717, 1.165) is 5.69 Å². The molecule has 0 saturated carbocycles. The lowest BCUT2D eigenvalue weighted by molar-refractivity contribution is -0.122. The predicted molar refractivity (Wildman–Crippen MR) is 73.2 cm³/mol. The van der Waals surface area contributed by atoms with Crippen LogP contribution in [-0.2, 0) is 4.79 Å². The molecule has 3 nitrogen and oxygen atoms in total. The minimum Gasteiger partial charge on any atom is -0.325 e. The van der Waals surface area contributed by atoms with Crippen LogP contribution in [0.15, 0.2) is 24.3 Å². The Kier molecular flexibility index (Phi) is 4.49. The summed E-state index contributed by atoms with van der Waals surface area (Å²) in [6.45, 7) is 7.74. The summed E-state index contributed by atoms with van der Waals surface area (Å²) < 4.78 is 0. The van der Waals surface area contributed by atoms with Gasteiger partial charge in [0.2, 0.25) is 5.91 Å².